The van der Waals surface area contributed by atoms with Gasteiger partial charge in [-0.15, -0.1) is 0 Å². The third-order valence-corrected chi connectivity index (χ3v) is 2.82. The maximum Gasteiger partial charge on any atom is 0.0104 e. The first kappa shape index (κ1) is 13.1. The van der Waals surface area contributed by atoms with Crippen molar-refractivity contribution in [1.29, 1.82) is 0 Å². The summed E-state index contributed by atoms with van der Waals surface area (Å²) in [5.74, 6) is 1.64. The molecule has 0 N–H and O–H groups in total. The fourth-order valence-corrected chi connectivity index (χ4v) is 1.91. The van der Waals surface area contributed by atoms with E-state index in [1.54, 1.807) is 0 Å². The van der Waals surface area contributed by atoms with Crippen molar-refractivity contribution in [2.75, 3.05) is 5.75 Å². The van der Waals surface area contributed by atoms with Crippen molar-refractivity contribution in [2.24, 2.45) is 11.8 Å². The quantitative estimate of drug-likeness (QED) is 0.599. The van der Waals surface area contributed by atoms with Gasteiger partial charge >= 0.3 is 0 Å². The molecule has 0 aromatic carbocycles. The molecule has 2 atom stereocenters. The molecule has 3 heteroatoms. The lowest BCUT2D eigenvalue weighted by molar-refractivity contribution is 0.445. The van der Waals surface area contributed by atoms with Gasteiger partial charge in [0.2, 0.25) is 0 Å². The molecule has 0 saturated carbocycles. The van der Waals surface area contributed by atoms with E-state index in [1.807, 2.05) is 0 Å². The number of hydrogen-bond acceptors (Lipinski definition) is 2. The third kappa shape index (κ3) is 10.0. The van der Waals surface area contributed by atoms with E-state index in [2.05, 4.69) is 20.8 Å². The average molecular weight is 205 g/mol. The Morgan fingerprint density at radius 3 is 2.23 bits per heavy atom. The zero-order valence-electron chi connectivity index (χ0n) is 8.91. The van der Waals surface area contributed by atoms with Gasteiger partial charge in [0.05, 0.1) is 0 Å². The van der Waals surface area contributed by atoms with Crippen LogP contribution in [0.5, 0.6) is 0 Å². The Balaban J connectivity index is 3.30. The number of hydrogen-bond donors (Lipinski definition) is 0. The lowest BCUT2D eigenvalue weighted by Crippen LogP contribution is -2.03. The second kappa shape index (κ2) is 7.51. The molecule has 2 unspecified atom stereocenters. The van der Waals surface area contributed by atoms with Crippen molar-refractivity contribution >= 4 is 11.1 Å². The Hall–Kier alpha value is 0.110. The fraction of sp³-hybridized carbons (Fsp3) is 1.00. The molecule has 13 heavy (non-hydrogen) atoms. The average Bonchev–Trinajstić information content (AvgIpc) is 2.00. The van der Waals surface area contributed by atoms with Crippen molar-refractivity contribution in [2.45, 2.75) is 46.5 Å². The van der Waals surface area contributed by atoms with Gasteiger partial charge in [-0.05, 0) is 18.3 Å². The van der Waals surface area contributed by atoms with Gasteiger partial charge in [0.1, 0.15) is 0 Å². The fourth-order valence-electron chi connectivity index (χ4n) is 1.32. The van der Waals surface area contributed by atoms with Gasteiger partial charge < -0.3 is 4.55 Å². The van der Waals surface area contributed by atoms with E-state index in [4.69, 9.17) is 0 Å². The van der Waals surface area contributed by atoms with E-state index >= 15 is 0 Å². The van der Waals surface area contributed by atoms with E-state index < -0.39 is 11.1 Å². The molecule has 0 rings (SSSR count). The minimum atomic E-state index is -1.85. The first-order valence-electron chi connectivity index (χ1n) is 5.08. The van der Waals surface area contributed by atoms with Crippen molar-refractivity contribution in [1.82, 2.24) is 0 Å². The van der Waals surface area contributed by atoms with Gasteiger partial charge in [-0.3, -0.25) is 4.21 Å². The van der Waals surface area contributed by atoms with Crippen LogP contribution in [0.1, 0.15) is 46.5 Å². The van der Waals surface area contributed by atoms with E-state index in [-0.39, 0.29) is 0 Å². The maximum absolute atomic E-state index is 10.3. The Morgan fingerprint density at radius 2 is 1.77 bits per heavy atom. The second-order valence-corrected chi connectivity index (χ2v) is 5.24. The van der Waals surface area contributed by atoms with E-state index in [1.165, 1.54) is 12.8 Å². The second-order valence-electron chi connectivity index (χ2n) is 4.23. The highest BCUT2D eigenvalue weighted by Gasteiger charge is 2.02. The molecule has 0 saturated heterocycles. The van der Waals surface area contributed by atoms with Gasteiger partial charge in [-0.1, -0.05) is 51.1 Å². The summed E-state index contributed by atoms with van der Waals surface area (Å²) in [6.07, 6.45) is 4.46. The molecule has 0 aliphatic rings. The topological polar surface area (TPSA) is 40.1 Å². The Morgan fingerprint density at radius 1 is 1.15 bits per heavy atom. The lowest BCUT2D eigenvalue weighted by Gasteiger charge is -2.12. The summed E-state index contributed by atoms with van der Waals surface area (Å²) < 4.78 is 20.6. The van der Waals surface area contributed by atoms with Crippen molar-refractivity contribution in [3.05, 3.63) is 0 Å². The predicted octanol–water partition coefficient (Wildman–Crippen LogP) is 2.72. The summed E-state index contributed by atoms with van der Waals surface area (Å²) in [7, 11) is 0. The van der Waals surface area contributed by atoms with Gasteiger partial charge in [0.25, 0.3) is 0 Å². The van der Waals surface area contributed by atoms with Crippen LogP contribution in [-0.2, 0) is 11.1 Å². The van der Waals surface area contributed by atoms with E-state index in [0.29, 0.717) is 11.7 Å². The molecule has 80 valence electrons. The van der Waals surface area contributed by atoms with Crippen LogP contribution >= 0.6 is 0 Å². The minimum Gasteiger partial charge on any atom is -0.772 e. The maximum atomic E-state index is 10.3. The van der Waals surface area contributed by atoms with Crippen LogP contribution in [0.3, 0.4) is 0 Å². The first-order valence-corrected chi connectivity index (χ1v) is 6.32. The molecular weight excluding hydrogens is 184 g/mol. The van der Waals surface area contributed by atoms with Crippen LogP contribution in [0.25, 0.3) is 0 Å². The van der Waals surface area contributed by atoms with Gasteiger partial charge in [0.15, 0.2) is 0 Å². The van der Waals surface area contributed by atoms with Crippen LogP contribution in [0, 0.1) is 11.8 Å². The lowest BCUT2D eigenvalue weighted by atomic mass is 9.98. The minimum absolute atomic E-state index is 0.322. The Bertz CT molecular complexity index is 146. The van der Waals surface area contributed by atoms with Crippen LogP contribution in [0.15, 0.2) is 0 Å². The normalized spacial score (nSPS) is 16.1. The molecule has 0 aromatic rings. The highest BCUT2D eigenvalue weighted by atomic mass is 32.2. The first-order chi connectivity index (χ1) is 6.02. The van der Waals surface area contributed by atoms with Crippen LogP contribution in [0.4, 0.5) is 0 Å². The van der Waals surface area contributed by atoms with Crippen molar-refractivity contribution < 1.29 is 8.76 Å². The standard InChI is InChI=1S/C10H22O2S/c1-9(2)5-4-6-10(3)7-8-13(11)12/h9-10H,4-8H2,1-3H3,(H,11,12)/p-1. The molecule has 0 amide bonds. The molecule has 0 fully saturated rings. The van der Waals surface area contributed by atoms with E-state index in [9.17, 15) is 8.76 Å². The molecule has 0 heterocycles. The SMILES string of the molecule is CC(C)CCCC(C)CCS(=O)[O-]. The van der Waals surface area contributed by atoms with Crippen LogP contribution < -0.4 is 0 Å². The predicted molar refractivity (Wildman–Crippen MR) is 56.3 cm³/mol. The summed E-state index contributed by atoms with van der Waals surface area (Å²) >= 11 is -1.85. The zero-order valence-corrected chi connectivity index (χ0v) is 9.73. The van der Waals surface area contributed by atoms with Crippen LogP contribution in [-0.4, -0.2) is 14.5 Å². The van der Waals surface area contributed by atoms with Gasteiger partial charge in [0, 0.05) is 5.75 Å². The summed E-state index contributed by atoms with van der Waals surface area (Å²) in [4.78, 5) is 0. The van der Waals surface area contributed by atoms with Crippen molar-refractivity contribution in [3.63, 3.8) is 0 Å². The Kier molecular flexibility index (Phi) is 7.57. The molecule has 0 aliphatic carbocycles. The smallest absolute Gasteiger partial charge is 0.0104 e. The summed E-state index contributed by atoms with van der Waals surface area (Å²) in [6.45, 7) is 6.57. The molecule has 0 aliphatic heterocycles. The highest BCUT2D eigenvalue weighted by molar-refractivity contribution is 7.79. The van der Waals surface area contributed by atoms with Gasteiger partial charge in [-0.25, -0.2) is 0 Å². The Labute approximate surface area is 84.4 Å². The monoisotopic (exact) mass is 205 g/mol. The number of rotatable bonds is 7. The molecular formula is C10H21O2S-. The summed E-state index contributed by atoms with van der Waals surface area (Å²) in [5.41, 5.74) is 0. The molecule has 0 bridgehead atoms. The highest BCUT2D eigenvalue weighted by Crippen LogP contribution is 2.15. The van der Waals surface area contributed by atoms with Crippen molar-refractivity contribution in [3.8, 4) is 0 Å². The molecule has 0 aromatic heterocycles. The molecule has 0 spiro atoms. The largest absolute Gasteiger partial charge is 0.772 e. The summed E-state index contributed by atoms with van der Waals surface area (Å²) in [5, 5.41) is 0. The molecule has 0 radical (unpaired) electrons. The molecule has 2 nitrogen and oxygen atoms in total. The van der Waals surface area contributed by atoms with E-state index in [0.717, 1.165) is 18.8 Å². The summed E-state index contributed by atoms with van der Waals surface area (Å²) in [6, 6.07) is 0. The van der Waals surface area contributed by atoms with Crippen LogP contribution in [0.2, 0.25) is 0 Å². The third-order valence-electron chi connectivity index (χ3n) is 2.26. The zero-order chi connectivity index (χ0) is 10.3. The van der Waals surface area contributed by atoms with Gasteiger partial charge in [-0.2, -0.15) is 0 Å².